The lowest BCUT2D eigenvalue weighted by Gasteiger charge is -2.04. The first-order valence-electron chi connectivity index (χ1n) is 7.65. The van der Waals surface area contributed by atoms with Crippen LogP contribution in [0.1, 0.15) is 6.92 Å². The third-order valence-electron chi connectivity index (χ3n) is 3.55. The Morgan fingerprint density at radius 2 is 1.72 bits per heavy atom. The smallest absolute Gasteiger partial charge is 0.269 e. The summed E-state index contributed by atoms with van der Waals surface area (Å²) in [5.74, 6) is 1.34. The van der Waals surface area contributed by atoms with Crippen LogP contribution in [0, 0.1) is 10.1 Å². The zero-order valence-electron chi connectivity index (χ0n) is 13.8. The molecule has 0 N–H and O–H groups in total. The Bertz CT molecular complexity index is 873. The first-order valence-corrected chi connectivity index (χ1v) is 8.47. The average molecular weight is 356 g/mol. The van der Waals surface area contributed by atoms with Crippen molar-refractivity contribution in [2.45, 2.75) is 6.92 Å². The Labute approximate surface area is 148 Å². The summed E-state index contributed by atoms with van der Waals surface area (Å²) < 4.78 is 10.9. The second kappa shape index (κ2) is 7.31. The van der Waals surface area contributed by atoms with Gasteiger partial charge in [0.05, 0.1) is 23.5 Å². The van der Waals surface area contributed by atoms with Crippen molar-refractivity contribution < 1.29 is 14.4 Å². The standard InChI is InChI=1S/C18H16N2O4S/c1-3-24-17-16(12-6-10-15(23-2)11-7-12)25-18(19-17)13-4-8-14(9-5-13)20(21)22/h4-11H,3H2,1-2H3. The fourth-order valence-electron chi connectivity index (χ4n) is 2.31. The molecule has 6 nitrogen and oxygen atoms in total. The zero-order valence-corrected chi connectivity index (χ0v) is 14.6. The number of aromatic nitrogens is 1. The van der Waals surface area contributed by atoms with Crippen LogP contribution >= 0.6 is 11.3 Å². The lowest BCUT2D eigenvalue weighted by atomic mass is 10.2. The zero-order chi connectivity index (χ0) is 17.8. The molecule has 3 rings (SSSR count). The van der Waals surface area contributed by atoms with E-state index in [0.717, 1.165) is 26.8 Å². The Morgan fingerprint density at radius 3 is 2.28 bits per heavy atom. The van der Waals surface area contributed by atoms with Gasteiger partial charge in [-0.05, 0) is 48.9 Å². The molecule has 1 heterocycles. The van der Waals surface area contributed by atoms with E-state index in [1.165, 1.54) is 23.5 Å². The number of benzene rings is 2. The van der Waals surface area contributed by atoms with E-state index in [1.54, 1.807) is 19.2 Å². The molecule has 0 bridgehead atoms. The molecule has 0 saturated heterocycles. The molecule has 0 aliphatic rings. The van der Waals surface area contributed by atoms with Gasteiger partial charge in [0.1, 0.15) is 10.8 Å². The molecule has 25 heavy (non-hydrogen) atoms. The Balaban J connectivity index is 1.99. The number of nitro benzene ring substituents is 1. The van der Waals surface area contributed by atoms with E-state index in [4.69, 9.17) is 9.47 Å². The Morgan fingerprint density at radius 1 is 1.08 bits per heavy atom. The fourth-order valence-corrected chi connectivity index (χ4v) is 3.34. The van der Waals surface area contributed by atoms with Crippen LogP contribution in [-0.2, 0) is 0 Å². The monoisotopic (exact) mass is 356 g/mol. The largest absolute Gasteiger partial charge is 0.497 e. The summed E-state index contributed by atoms with van der Waals surface area (Å²) >= 11 is 1.49. The van der Waals surface area contributed by atoms with E-state index in [-0.39, 0.29) is 5.69 Å². The average Bonchev–Trinajstić information content (AvgIpc) is 3.06. The number of non-ortho nitro benzene ring substituents is 1. The summed E-state index contributed by atoms with van der Waals surface area (Å²) in [5.41, 5.74) is 1.85. The highest BCUT2D eigenvalue weighted by Gasteiger charge is 2.16. The highest BCUT2D eigenvalue weighted by atomic mass is 32.1. The molecule has 128 valence electrons. The number of rotatable bonds is 6. The molecule has 2 aromatic carbocycles. The van der Waals surface area contributed by atoms with Gasteiger partial charge < -0.3 is 9.47 Å². The minimum Gasteiger partial charge on any atom is -0.497 e. The second-order valence-corrected chi connectivity index (χ2v) is 6.12. The molecular formula is C18H16N2O4S. The van der Waals surface area contributed by atoms with Crippen molar-refractivity contribution in [1.82, 2.24) is 4.98 Å². The number of thiazole rings is 1. The molecule has 0 atom stereocenters. The van der Waals surface area contributed by atoms with E-state index in [2.05, 4.69) is 4.98 Å². The minimum absolute atomic E-state index is 0.0562. The number of nitro groups is 1. The molecular weight excluding hydrogens is 340 g/mol. The predicted molar refractivity (Wildman–Crippen MR) is 97.4 cm³/mol. The maximum Gasteiger partial charge on any atom is 0.269 e. The quantitative estimate of drug-likeness (QED) is 0.469. The topological polar surface area (TPSA) is 74.5 Å². The lowest BCUT2D eigenvalue weighted by molar-refractivity contribution is -0.384. The van der Waals surface area contributed by atoms with Crippen molar-refractivity contribution in [3.05, 3.63) is 58.6 Å². The van der Waals surface area contributed by atoms with Crippen LogP contribution in [0.4, 0.5) is 5.69 Å². The molecule has 0 unspecified atom stereocenters. The van der Waals surface area contributed by atoms with Gasteiger partial charge in [-0.1, -0.05) is 0 Å². The van der Waals surface area contributed by atoms with Gasteiger partial charge in [-0.25, -0.2) is 4.98 Å². The lowest BCUT2D eigenvalue weighted by Crippen LogP contribution is -1.93. The van der Waals surface area contributed by atoms with Crippen LogP contribution in [-0.4, -0.2) is 23.6 Å². The summed E-state index contributed by atoms with van der Waals surface area (Å²) in [6, 6.07) is 14.0. The van der Waals surface area contributed by atoms with E-state index in [1.807, 2.05) is 31.2 Å². The molecule has 0 spiro atoms. The van der Waals surface area contributed by atoms with Crippen LogP contribution in [0.15, 0.2) is 48.5 Å². The van der Waals surface area contributed by atoms with Crippen molar-refractivity contribution >= 4 is 17.0 Å². The molecule has 7 heteroatoms. The molecule has 0 fully saturated rings. The highest BCUT2D eigenvalue weighted by Crippen LogP contribution is 2.40. The van der Waals surface area contributed by atoms with Crippen molar-refractivity contribution in [1.29, 1.82) is 0 Å². The van der Waals surface area contributed by atoms with Crippen LogP contribution in [0.3, 0.4) is 0 Å². The molecule has 0 saturated carbocycles. The van der Waals surface area contributed by atoms with Gasteiger partial charge in [-0.2, -0.15) is 0 Å². The molecule has 0 aliphatic carbocycles. The van der Waals surface area contributed by atoms with Gasteiger partial charge in [0.2, 0.25) is 5.88 Å². The van der Waals surface area contributed by atoms with Gasteiger partial charge in [0.15, 0.2) is 0 Å². The van der Waals surface area contributed by atoms with Gasteiger partial charge in [0, 0.05) is 17.7 Å². The Kier molecular flexibility index (Phi) is 4.95. The van der Waals surface area contributed by atoms with E-state index < -0.39 is 4.92 Å². The third kappa shape index (κ3) is 3.61. The summed E-state index contributed by atoms with van der Waals surface area (Å²) in [4.78, 5) is 15.8. The summed E-state index contributed by atoms with van der Waals surface area (Å²) in [7, 11) is 1.63. The van der Waals surface area contributed by atoms with Crippen molar-refractivity contribution in [2.24, 2.45) is 0 Å². The molecule has 1 aromatic heterocycles. The SMILES string of the molecule is CCOc1nc(-c2ccc([N+](=O)[O-])cc2)sc1-c1ccc(OC)cc1. The van der Waals surface area contributed by atoms with Gasteiger partial charge >= 0.3 is 0 Å². The Hall–Kier alpha value is -2.93. The molecule has 0 radical (unpaired) electrons. The maximum atomic E-state index is 10.8. The van der Waals surface area contributed by atoms with Gasteiger partial charge in [0.25, 0.3) is 5.69 Å². The van der Waals surface area contributed by atoms with Gasteiger partial charge in [-0.15, -0.1) is 11.3 Å². The first kappa shape index (κ1) is 16.9. The van der Waals surface area contributed by atoms with Gasteiger partial charge in [-0.3, -0.25) is 10.1 Å². The second-order valence-electron chi connectivity index (χ2n) is 5.12. The summed E-state index contributed by atoms with van der Waals surface area (Å²) in [5, 5.41) is 11.5. The maximum absolute atomic E-state index is 10.8. The molecule has 0 amide bonds. The minimum atomic E-state index is -0.417. The number of nitrogens with zero attached hydrogens (tertiary/aromatic N) is 2. The fraction of sp³-hybridized carbons (Fsp3) is 0.167. The van der Waals surface area contributed by atoms with Crippen molar-refractivity contribution in [2.75, 3.05) is 13.7 Å². The molecule has 0 aliphatic heterocycles. The number of hydrogen-bond donors (Lipinski definition) is 0. The normalized spacial score (nSPS) is 10.5. The van der Waals surface area contributed by atoms with Crippen LogP contribution in [0.5, 0.6) is 11.6 Å². The summed E-state index contributed by atoms with van der Waals surface area (Å²) in [6.45, 7) is 2.41. The van der Waals surface area contributed by atoms with Crippen molar-refractivity contribution in [3.8, 4) is 32.6 Å². The number of hydrogen-bond acceptors (Lipinski definition) is 6. The third-order valence-corrected chi connectivity index (χ3v) is 4.69. The first-order chi connectivity index (χ1) is 12.1. The van der Waals surface area contributed by atoms with Crippen LogP contribution in [0.25, 0.3) is 21.0 Å². The van der Waals surface area contributed by atoms with E-state index in [0.29, 0.717) is 12.5 Å². The molecule has 3 aromatic rings. The number of methoxy groups -OCH3 is 1. The van der Waals surface area contributed by atoms with Crippen LogP contribution < -0.4 is 9.47 Å². The number of ether oxygens (including phenoxy) is 2. The summed E-state index contributed by atoms with van der Waals surface area (Å²) in [6.07, 6.45) is 0. The highest BCUT2D eigenvalue weighted by molar-refractivity contribution is 7.18. The van der Waals surface area contributed by atoms with Crippen LogP contribution in [0.2, 0.25) is 0 Å². The predicted octanol–water partition coefficient (Wildman–Crippen LogP) is 4.79. The van der Waals surface area contributed by atoms with E-state index >= 15 is 0 Å². The van der Waals surface area contributed by atoms with Crippen molar-refractivity contribution in [3.63, 3.8) is 0 Å². The van der Waals surface area contributed by atoms with E-state index in [9.17, 15) is 10.1 Å².